The summed E-state index contributed by atoms with van der Waals surface area (Å²) in [5, 5.41) is 3.85. The molecule has 2 aromatic carbocycles. The van der Waals surface area contributed by atoms with Gasteiger partial charge in [0.2, 0.25) is 15.9 Å². The van der Waals surface area contributed by atoms with Crippen LogP contribution < -0.4 is 5.32 Å². The van der Waals surface area contributed by atoms with Gasteiger partial charge in [-0.25, -0.2) is 12.7 Å². The number of carbonyl (C=O) groups excluding carboxylic acids is 1. The van der Waals surface area contributed by atoms with E-state index >= 15 is 0 Å². The highest BCUT2D eigenvalue weighted by Gasteiger charge is 2.33. The van der Waals surface area contributed by atoms with Crippen LogP contribution in [0.3, 0.4) is 0 Å². The van der Waals surface area contributed by atoms with E-state index in [-0.39, 0.29) is 30.2 Å². The van der Waals surface area contributed by atoms with Crippen molar-refractivity contribution < 1.29 is 13.2 Å². The molecule has 1 aliphatic rings. The van der Waals surface area contributed by atoms with E-state index in [1.54, 1.807) is 12.1 Å². The van der Waals surface area contributed by atoms with Gasteiger partial charge in [-0.2, -0.15) is 0 Å². The maximum Gasteiger partial charge on any atom is 0.224 e. The number of aryl methyl sites for hydroxylation is 1. The van der Waals surface area contributed by atoms with Crippen LogP contribution in [0.2, 0.25) is 10.0 Å². The molecule has 0 aromatic heterocycles. The van der Waals surface area contributed by atoms with Gasteiger partial charge in [0.1, 0.15) is 0 Å². The molecule has 8 heteroatoms. The number of halogens is 2. The first-order valence-electron chi connectivity index (χ1n) is 10.5. The normalized spacial score (nSPS) is 18.5. The van der Waals surface area contributed by atoms with Gasteiger partial charge in [0, 0.05) is 29.2 Å². The van der Waals surface area contributed by atoms with Gasteiger partial charge in [-0.1, -0.05) is 59.6 Å². The predicted molar refractivity (Wildman–Crippen MR) is 126 cm³/mol. The van der Waals surface area contributed by atoms with Crippen LogP contribution in [0.1, 0.15) is 37.3 Å². The summed E-state index contributed by atoms with van der Waals surface area (Å²) in [5.74, 6) is -0.626. The monoisotopic (exact) mass is 482 g/mol. The molecule has 168 valence electrons. The van der Waals surface area contributed by atoms with Crippen LogP contribution in [-0.4, -0.2) is 37.8 Å². The van der Waals surface area contributed by atoms with Crippen molar-refractivity contribution in [1.29, 1.82) is 0 Å². The second kappa shape index (κ2) is 10.8. The van der Waals surface area contributed by atoms with Crippen molar-refractivity contribution in [3.63, 3.8) is 0 Å². The zero-order valence-electron chi connectivity index (χ0n) is 17.6. The molecule has 2 atom stereocenters. The Kier molecular flexibility index (Phi) is 8.39. The maximum absolute atomic E-state index is 12.9. The number of amides is 1. The third kappa shape index (κ3) is 6.94. The van der Waals surface area contributed by atoms with Crippen LogP contribution >= 0.6 is 23.2 Å². The molecule has 1 amide bonds. The minimum atomic E-state index is -3.59. The van der Waals surface area contributed by atoms with Crippen molar-refractivity contribution in [3.05, 3.63) is 69.7 Å². The summed E-state index contributed by atoms with van der Waals surface area (Å²) in [6.07, 6.45) is 3.06. The summed E-state index contributed by atoms with van der Waals surface area (Å²) >= 11 is 12.1. The molecule has 0 unspecified atom stereocenters. The molecule has 1 heterocycles. The minimum Gasteiger partial charge on any atom is -0.353 e. The highest BCUT2D eigenvalue weighted by atomic mass is 35.5. The van der Waals surface area contributed by atoms with E-state index in [0.717, 1.165) is 12.8 Å². The van der Waals surface area contributed by atoms with Crippen molar-refractivity contribution >= 4 is 39.1 Å². The van der Waals surface area contributed by atoms with Gasteiger partial charge in [-0.3, -0.25) is 4.79 Å². The summed E-state index contributed by atoms with van der Waals surface area (Å²) in [7, 11) is -3.59. The maximum atomic E-state index is 12.9. The topological polar surface area (TPSA) is 66.5 Å². The molecule has 1 saturated heterocycles. The molecule has 1 aliphatic heterocycles. The quantitative estimate of drug-likeness (QED) is 0.594. The van der Waals surface area contributed by atoms with E-state index in [0.29, 0.717) is 35.0 Å². The zero-order valence-corrected chi connectivity index (χ0v) is 19.9. The number of carbonyl (C=O) groups is 1. The minimum absolute atomic E-state index is 0.0209. The average molecular weight is 483 g/mol. The van der Waals surface area contributed by atoms with Crippen LogP contribution in [0.25, 0.3) is 0 Å². The fraction of sp³-hybridized carbons (Fsp3) is 0.435. The van der Waals surface area contributed by atoms with Gasteiger partial charge in [0.05, 0.1) is 11.7 Å². The molecular weight excluding hydrogens is 455 g/mol. The van der Waals surface area contributed by atoms with Crippen LogP contribution in [-0.2, 0) is 27.0 Å². The Labute approximate surface area is 194 Å². The highest BCUT2D eigenvalue weighted by Crippen LogP contribution is 2.26. The third-order valence-electron chi connectivity index (χ3n) is 5.60. The van der Waals surface area contributed by atoms with Gasteiger partial charge in [-0.05, 0) is 55.9 Å². The van der Waals surface area contributed by atoms with Crippen molar-refractivity contribution in [3.8, 4) is 0 Å². The zero-order chi connectivity index (χ0) is 22.4. The van der Waals surface area contributed by atoms with Gasteiger partial charge in [0.25, 0.3) is 0 Å². The van der Waals surface area contributed by atoms with Gasteiger partial charge in [-0.15, -0.1) is 0 Å². The molecule has 0 aliphatic carbocycles. The van der Waals surface area contributed by atoms with Crippen molar-refractivity contribution in [1.82, 2.24) is 9.62 Å². The van der Waals surface area contributed by atoms with Gasteiger partial charge >= 0.3 is 0 Å². The standard InChI is InChI=1S/C23H28Cl2N2O3S/c1-17(9-10-18-6-3-2-4-7-18)26-23(28)19-8-5-13-27(15-19)31(29,30)16-20-11-12-21(24)14-22(20)25/h2-4,6-7,11-12,14,17,19H,5,8-10,13,15-16H2,1H3,(H,26,28)/t17-,19-/m1/s1. The number of hydrogen-bond donors (Lipinski definition) is 1. The third-order valence-corrected chi connectivity index (χ3v) is 7.98. The van der Waals surface area contributed by atoms with Crippen molar-refractivity contribution in [2.45, 2.75) is 44.4 Å². The fourth-order valence-electron chi connectivity index (χ4n) is 3.80. The van der Waals surface area contributed by atoms with Crippen LogP contribution in [0, 0.1) is 5.92 Å². The highest BCUT2D eigenvalue weighted by molar-refractivity contribution is 7.88. The van der Waals surface area contributed by atoms with E-state index in [1.165, 1.54) is 15.9 Å². The lowest BCUT2D eigenvalue weighted by molar-refractivity contribution is -0.126. The van der Waals surface area contributed by atoms with Gasteiger partial charge in [0.15, 0.2) is 0 Å². The average Bonchev–Trinajstić information content (AvgIpc) is 2.75. The van der Waals surface area contributed by atoms with Crippen LogP contribution in [0.5, 0.6) is 0 Å². The Morgan fingerprint density at radius 1 is 1.19 bits per heavy atom. The number of sulfonamides is 1. The van der Waals surface area contributed by atoms with Crippen molar-refractivity contribution in [2.24, 2.45) is 5.92 Å². The molecule has 5 nitrogen and oxygen atoms in total. The molecule has 1 fully saturated rings. The summed E-state index contributed by atoms with van der Waals surface area (Å²) in [4.78, 5) is 12.8. The molecular formula is C23H28Cl2N2O3S. The lowest BCUT2D eigenvalue weighted by Gasteiger charge is -2.32. The van der Waals surface area contributed by atoms with Crippen molar-refractivity contribution in [2.75, 3.05) is 13.1 Å². The SMILES string of the molecule is C[C@H](CCc1ccccc1)NC(=O)[C@@H]1CCCN(S(=O)(=O)Cc2ccc(Cl)cc2Cl)C1. The number of rotatable bonds is 8. The van der Waals surface area contributed by atoms with E-state index in [2.05, 4.69) is 17.4 Å². The number of hydrogen-bond acceptors (Lipinski definition) is 3. The largest absolute Gasteiger partial charge is 0.353 e. The lowest BCUT2D eigenvalue weighted by Crippen LogP contribution is -2.47. The van der Waals surface area contributed by atoms with Crippen LogP contribution in [0.15, 0.2) is 48.5 Å². The molecule has 0 radical (unpaired) electrons. The molecule has 1 N–H and O–H groups in total. The first kappa shape index (κ1) is 24.1. The summed E-state index contributed by atoms with van der Waals surface area (Å²) in [5.41, 5.74) is 1.74. The summed E-state index contributed by atoms with van der Waals surface area (Å²) in [6.45, 7) is 2.60. The summed E-state index contributed by atoms with van der Waals surface area (Å²) in [6, 6.07) is 15.0. The smallest absolute Gasteiger partial charge is 0.224 e. The van der Waals surface area contributed by atoms with Crippen LogP contribution in [0.4, 0.5) is 0 Å². The lowest BCUT2D eigenvalue weighted by atomic mass is 9.98. The first-order chi connectivity index (χ1) is 14.7. The molecule has 31 heavy (non-hydrogen) atoms. The number of benzene rings is 2. The Hall–Kier alpha value is -1.60. The van der Waals surface area contributed by atoms with E-state index < -0.39 is 10.0 Å². The predicted octanol–water partition coefficient (Wildman–Crippen LogP) is 4.67. The number of nitrogens with one attached hydrogen (secondary N) is 1. The Balaban J connectivity index is 1.55. The fourth-order valence-corrected chi connectivity index (χ4v) is 5.99. The van der Waals surface area contributed by atoms with E-state index in [1.807, 2.05) is 25.1 Å². The molecule has 3 rings (SSSR count). The molecule has 0 bridgehead atoms. The molecule has 0 saturated carbocycles. The number of piperidine rings is 1. The molecule has 2 aromatic rings. The molecule has 0 spiro atoms. The second-order valence-electron chi connectivity index (χ2n) is 8.12. The Bertz CT molecular complexity index is 999. The number of nitrogens with zero attached hydrogens (tertiary/aromatic N) is 1. The summed E-state index contributed by atoms with van der Waals surface area (Å²) < 4.78 is 27.3. The second-order valence-corrected chi connectivity index (χ2v) is 10.9. The Morgan fingerprint density at radius 2 is 1.94 bits per heavy atom. The van der Waals surface area contributed by atoms with E-state index in [4.69, 9.17) is 23.2 Å². The Morgan fingerprint density at radius 3 is 2.65 bits per heavy atom. The van der Waals surface area contributed by atoms with Gasteiger partial charge < -0.3 is 5.32 Å². The van der Waals surface area contributed by atoms with E-state index in [9.17, 15) is 13.2 Å². The first-order valence-corrected chi connectivity index (χ1v) is 12.9.